The summed E-state index contributed by atoms with van der Waals surface area (Å²) in [7, 11) is 1.46. The number of aryl methyl sites for hydroxylation is 1. The molecule has 0 saturated heterocycles. The lowest BCUT2D eigenvalue weighted by Crippen LogP contribution is -2.47. The van der Waals surface area contributed by atoms with E-state index < -0.39 is 95.5 Å². The summed E-state index contributed by atoms with van der Waals surface area (Å²) in [4.78, 5) is 64.3. The summed E-state index contributed by atoms with van der Waals surface area (Å²) in [6.45, 7) is -1.28. The maximum atomic E-state index is 14.0. The summed E-state index contributed by atoms with van der Waals surface area (Å²) < 4.78 is 71.9. The molecular weight excluding hydrogens is 646 g/mol. The molecule has 0 spiro atoms. The molecule has 1 aliphatic heterocycles. The number of benzene rings is 2. The van der Waals surface area contributed by atoms with Crippen LogP contribution in [0.5, 0.6) is 17.2 Å². The lowest BCUT2D eigenvalue weighted by Gasteiger charge is -2.31. The number of carbonyl (C=O) groups is 5. The number of carboxylic acid groups (broad SMARTS) is 1. The van der Waals surface area contributed by atoms with E-state index in [0.29, 0.717) is 24.3 Å². The van der Waals surface area contributed by atoms with E-state index in [1.165, 1.54) is 13.2 Å². The Morgan fingerprint density at radius 2 is 1.75 bits per heavy atom. The summed E-state index contributed by atoms with van der Waals surface area (Å²) >= 11 is 0. The van der Waals surface area contributed by atoms with Crippen LogP contribution in [0.3, 0.4) is 0 Å². The molecule has 2 aliphatic rings. The molecule has 2 amide bonds. The van der Waals surface area contributed by atoms with Gasteiger partial charge in [-0.15, -0.1) is 0 Å². The van der Waals surface area contributed by atoms with Gasteiger partial charge in [0.1, 0.15) is 29.9 Å². The van der Waals surface area contributed by atoms with Gasteiger partial charge in [0.2, 0.25) is 17.5 Å². The highest BCUT2D eigenvalue weighted by atomic mass is 19.2. The number of halogens is 4. The standard InChI is InChI=1S/C32H29F4N3O9/c1-46-17-3-2-4-18(10-17)48-32(45)38-21-6-5-15-7-8-39-13-16(9-23(40)26(21)29(15)39)31(44)37-22(12-25(42)43)24(41)14-47-30-27(35)19(33)11-20(34)28(30)36/h2-4,7-8,10-11,16,21-22,26H,5-6,9,12-14H2,1H3,(H,37,44)(H,38,45)(H,42,43). The van der Waals surface area contributed by atoms with Crippen LogP contribution in [0.15, 0.2) is 42.6 Å². The number of methoxy groups -OCH3 is 1. The fourth-order valence-electron chi connectivity index (χ4n) is 5.91. The van der Waals surface area contributed by atoms with Gasteiger partial charge in [-0.2, -0.15) is 8.78 Å². The second-order valence-corrected chi connectivity index (χ2v) is 11.3. The Morgan fingerprint density at radius 3 is 2.44 bits per heavy atom. The van der Waals surface area contributed by atoms with Gasteiger partial charge in [-0.25, -0.2) is 13.6 Å². The molecule has 16 heteroatoms. The number of hydrogen-bond donors (Lipinski definition) is 3. The number of carboxylic acids is 1. The number of hydrogen-bond acceptors (Lipinski definition) is 8. The van der Waals surface area contributed by atoms with E-state index in [4.69, 9.17) is 9.47 Å². The van der Waals surface area contributed by atoms with Gasteiger partial charge in [0.05, 0.1) is 25.4 Å². The summed E-state index contributed by atoms with van der Waals surface area (Å²) in [5.74, 6) is -14.2. The molecule has 48 heavy (non-hydrogen) atoms. The number of carbonyl (C=O) groups excluding carboxylic acids is 4. The van der Waals surface area contributed by atoms with Crippen molar-refractivity contribution < 1.29 is 60.9 Å². The van der Waals surface area contributed by atoms with Crippen molar-refractivity contribution in [2.24, 2.45) is 5.92 Å². The van der Waals surface area contributed by atoms with Crippen molar-refractivity contribution in [2.45, 2.75) is 50.2 Å². The minimum atomic E-state index is -1.91. The number of amides is 2. The average molecular weight is 676 g/mol. The van der Waals surface area contributed by atoms with Crippen molar-refractivity contribution in [3.05, 3.63) is 77.1 Å². The predicted octanol–water partition coefficient (Wildman–Crippen LogP) is 3.44. The van der Waals surface area contributed by atoms with Crippen molar-refractivity contribution in [2.75, 3.05) is 13.7 Å². The zero-order valence-electron chi connectivity index (χ0n) is 25.3. The van der Waals surface area contributed by atoms with Gasteiger partial charge in [0.15, 0.2) is 23.2 Å². The molecule has 0 bridgehead atoms. The second kappa shape index (κ2) is 14.1. The summed E-state index contributed by atoms with van der Waals surface area (Å²) in [5, 5.41) is 14.4. The van der Waals surface area contributed by atoms with Crippen molar-refractivity contribution >= 4 is 29.5 Å². The minimum absolute atomic E-state index is 0.0339. The van der Waals surface area contributed by atoms with Crippen molar-refractivity contribution in [1.29, 1.82) is 0 Å². The topological polar surface area (TPSA) is 162 Å². The Morgan fingerprint density at radius 1 is 1.04 bits per heavy atom. The molecule has 2 aromatic carbocycles. The summed E-state index contributed by atoms with van der Waals surface area (Å²) in [5.41, 5.74) is 1.45. The third kappa shape index (κ3) is 7.26. The van der Waals surface area contributed by atoms with E-state index in [1.807, 2.05) is 0 Å². The number of rotatable bonds is 11. The molecule has 1 aromatic heterocycles. The number of nitrogens with one attached hydrogen (secondary N) is 2. The molecule has 0 fully saturated rings. The lowest BCUT2D eigenvalue weighted by molar-refractivity contribution is -0.141. The fraction of sp³-hybridized carbons (Fsp3) is 0.344. The number of aliphatic carboxylic acids is 1. The third-order valence-corrected chi connectivity index (χ3v) is 8.17. The molecule has 3 N–H and O–H groups in total. The predicted molar refractivity (Wildman–Crippen MR) is 156 cm³/mol. The van der Waals surface area contributed by atoms with Gasteiger partial charge in [0, 0.05) is 43.0 Å². The second-order valence-electron chi connectivity index (χ2n) is 11.3. The van der Waals surface area contributed by atoms with Crippen LogP contribution in [-0.4, -0.2) is 65.0 Å². The van der Waals surface area contributed by atoms with Gasteiger partial charge in [-0.05, 0) is 36.6 Å². The van der Waals surface area contributed by atoms with Crippen LogP contribution in [0.1, 0.15) is 36.4 Å². The van der Waals surface area contributed by atoms with Gasteiger partial charge < -0.3 is 34.5 Å². The molecule has 0 saturated carbocycles. The van der Waals surface area contributed by atoms with Crippen LogP contribution in [0, 0.1) is 29.2 Å². The molecule has 4 atom stereocenters. The highest BCUT2D eigenvalue weighted by molar-refractivity contribution is 5.96. The molecule has 12 nitrogen and oxygen atoms in total. The van der Waals surface area contributed by atoms with E-state index in [-0.39, 0.29) is 24.8 Å². The number of ketones is 2. The van der Waals surface area contributed by atoms with E-state index in [0.717, 1.165) is 5.56 Å². The van der Waals surface area contributed by atoms with Crippen LogP contribution in [0.2, 0.25) is 0 Å². The number of Topliss-reactive ketones (excluding diaryl/α,β-unsaturated/α-hetero) is 2. The average Bonchev–Trinajstić information content (AvgIpc) is 3.37. The molecule has 3 aromatic rings. The monoisotopic (exact) mass is 675 g/mol. The molecule has 2 heterocycles. The lowest BCUT2D eigenvalue weighted by atomic mass is 9.79. The van der Waals surface area contributed by atoms with Gasteiger partial charge in [0.25, 0.3) is 0 Å². The van der Waals surface area contributed by atoms with E-state index in [2.05, 4.69) is 15.4 Å². The molecule has 1 aliphatic carbocycles. The van der Waals surface area contributed by atoms with Crippen LogP contribution in [0.4, 0.5) is 22.4 Å². The van der Waals surface area contributed by atoms with Crippen LogP contribution in [0.25, 0.3) is 0 Å². The van der Waals surface area contributed by atoms with Crippen LogP contribution >= 0.6 is 0 Å². The highest BCUT2D eigenvalue weighted by Crippen LogP contribution is 2.38. The summed E-state index contributed by atoms with van der Waals surface area (Å²) in [6.07, 6.45) is 0.466. The Bertz CT molecular complexity index is 1750. The van der Waals surface area contributed by atoms with E-state index in [1.54, 1.807) is 35.0 Å². The van der Waals surface area contributed by atoms with Crippen molar-refractivity contribution in [1.82, 2.24) is 15.2 Å². The number of nitrogens with zero attached hydrogens (tertiary/aromatic N) is 1. The Kier molecular flexibility index (Phi) is 10.0. The first-order chi connectivity index (χ1) is 22.9. The zero-order chi connectivity index (χ0) is 34.7. The SMILES string of the molecule is COc1cccc(OC(=O)NC2CCc3ccn4c3C2C(=O)CC(C(=O)NC(CC(=O)O)C(=O)COc2c(F)c(F)cc(F)c2F)C4)c1. The van der Waals surface area contributed by atoms with E-state index >= 15 is 0 Å². The third-order valence-electron chi connectivity index (χ3n) is 8.17. The minimum Gasteiger partial charge on any atom is -0.497 e. The van der Waals surface area contributed by atoms with Gasteiger partial charge >= 0.3 is 12.1 Å². The van der Waals surface area contributed by atoms with Crippen LogP contribution in [-0.2, 0) is 32.1 Å². The fourth-order valence-corrected chi connectivity index (χ4v) is 5.91. The molecule has 5 rings (SSSR count). The largest absolute Gasteiger partial charge is 0.497 e. The highest BCUT2D eigenvalue weighted by Gasteiger charge is 2.43. The molecule has 254 valence electrons. The maximum absolute atomic E-state index is 14.0. The molecule has 4 unspecified atom stereocenters. The molecular formula is C32H29F4N3O9. The zero-order valence-corrected chi connectivity index (χ0v) is 25.3. The maximum Gasteiger partial charge on any atom is 0.412 e. The number of ether oxygens (including phenoxy) is 3. The smallest absolute Gasteiger partial charge is 0.412 e. The van der Waals surface area contributed by atoms with Gasteiger partial charge in [-0.1, -0.05) is 6.07 Å². The Hall–Kier alpha value is -5.41. The number of aromatic nitrogens is 1. The van der Waals surface area contributed by atoms with Gasteiger partial charge in [-0.3, -0.25) is 19.2 Å². The Balaban J connectivity index is 1.29. The quantitative estimate of drug-likeness (QED) is 0.204. The van der Waals surface area contributed by atoms with E-state index in [9.17, 15) is 46.6 Å². The van der Waals surface area contributed by atoms with Crippen LogP contribution < -0.4 is 24.8 Å². The first kappa shape index (κ1) is 33.9. The van der Waals surface area contributed by atoms with Crippen molar-refractivity contribution in [3.63, 3.8) is 0 Å². The normalized spacial score (nSPS) is 18.9. The first-order valence-electron chi connectivity index (χ1n) is 14.7. The first-order valence-corrected chi connectivity index (χ1v) is 14.7. The van der Waals surface area contributed by atoms with Crippen molar-refractivity contribution in [3.8, 4) is 17.2 Å². The summed E-state index contributed by atoms with van der Waals surface area (Å²) in [6, 6.07) is 5.63. The molecule has 0 radical (unpaired) electrons. The Labute approximate surface area is 269 Å².